The zero-order valence-electron chi connectivity index (χ0n) is 18.0. The highest BCUT2D eigenvalue weighted by Crippen LogP contribution is 2.78. The molecule has 0 amide bonds. The van der Waals surface area contributed by atoms with Gasteiger partial charge in [-0.15, -0.1) is 0 Å². The van der Waals surface area contributed by atoms with Crippen molar-refractivity contribution in [3.8, 4) is 0 Å². The Balaban J connectivity index is 1.25. The first-order chi connectivity index (χ1) is 13.8. The molecule has 2 bridgehead atoms. The smallest absolute Gasteiger partial charge is 0.159 e. The molecule has 6 aliphatic rings. The van der Waals surface area contributed by atoms with Gasteiger partial charge in [0.1, 0.15) is 0 Å². The lowest BCUT2D eigenvalue weighted by Gasteiger charge is -2.57. The Morgan fingerprint density at radius 3 is 2.59 bits per heavy atom. The molecular weight excluding hydrogens is 360 g/mol. The summed E-state index contributed by atoms with van der Waals surface area (Å²) in [6.45, 7) is 5.04. The molecule has 29 heavy (non-hydrogen) atoms. The third-order valence-electron chi connectivity index (χ3n) is 10.7. The summed E-state index contributed by atoms with van der Waals surface area (Å²) >= 11 is 0. The maximum atomic E-state index is 13.5. The Morgan fingerprint density at radius 2 is 1.83 bits per heavy atom. The number of aromatic nitrogens is 2. The topological polar surface area (TPSA) is 55.1 Å². The van der Waals surface area contributed by atoms with E-state index in [-0.39, 0.29) is 10.8 Å². The number of ketones is 1. The Morgan fingerprint density at radius 1 is 1.03 bits per heavy atom. The van der Waals surface area contributed by atoms with Gasteiger partial charge in [-0.2, -0.15) is 0 Å². The van der Waals surface area contributed by atoms with Crippen LogP contribution in [0.1, 0.15) is 71.6 Å². The van der Waals surface area contributed by atoms with E-state index in [1.54, 1.807) is 12.5 Å². The van der Waals surface area contributed by atoms with Crippen molar-refractivity contribution in [3.05, 3.63) is 18.7 Å². The van der Waals surface area contributed by atoms with Gasteiger partial charge in [0.05, 0.1) is 18.5 Å². The van der Waals surface area contributed by atoms with Crippen LogP contribution in [0.3, 0.4) is 0 Å². The molecule has 0 spiro atoms. The van der Waals surface area contributed by atoms with Crippen LogP contribution in [0.15, 0.2) is 18.7 Å². The molecule has 0 saturated heterocycles. The number of fused-ring (bicyclic) bond motifs is 3. The standard InChI is InChI=1S/C25H36N2O2/c1-23(29)7-5-18-16(11-23)3-4-20-19(18)6-8-24(2)22(20)17-12-25(24,13-17)21(28)14-27-10-9-26-15-27/h9-10,15-20,22,29H,3-8,11-14H2,1-2H3/t16-,17?,18+,19-,20-,22+,23-,24+,25?/m1/s1. The van der Waals surface area contributed by atoms with Gasteiger partial charge in [-0.25, -0.2) is 4.98 Å². The summed E-state index contributed by atoms with van der Waals surface area (Å²) in [6.07, 6.45) is 16.2. The van der Waals surface area contributed by atoms with Gasteiger partial charge in [-0.3, -0.25) is 4.79 Å². The second kappa shape index (κ2) is 5.96. The van der Waals surface area contributed by atoms with Gasteiger partial charge in [0, 0.05) is 17.8 Å². The number of hydrogen-bond donors (Lipinski definition) is 1. The first kappa shape index (κ1) is 18.6. The predicted octanol–water partition coefficient (Wildman–Crippen LogP) is 4.47. The average molecular weight is 397 g/mol. The molecule has 158 valence electrons. The van der Waals surface area contributed by atoms with Gasteiger partial charge in [-0.05, 0) is 106 Å². The number of aliphatic hydroxyl groups is 1. The lowest BCUT2D eigenvalue weighted by Crippen LogP contribution is -2.52. The number of imidazole rings is 1. The molecule has 1 aromatic heterocycles. The molecule has 7 rings (SSSR count). The summed E-state index contributed by atoms with van der Waals surface area (Å²) in [6, 6.07) is 0. The Hall–Kier alpha value is -1.16. The number of carbonyl (C=O) groups excluding carboxylic acids is 1. The van der Waals surface area contributed by atoms with Crippen LogP contribution < -0.4 is 0 Å². The number of hydrogen-bond acceptors (Lipinski definition) is 3. The molecule has 4 nitrogen and oxygen atoms in total. The highest BCUT2D eigenvalue weighted by atomic mass is 16.3. The minimum atomic E-state index is -0.435. The fourth-order valence-electron chi connectivity index (χ4n) is 9.56. The molecule has 1 heterocycles. The molecule has 1 N–H and O–H groups in total. The van der Waals surface area contributed by atoms with E-state index in [2.05, 4.69) is 18.8 Å². The van der Waals surface area contributed by atoms with E-state index in [1.807, 2.05) is 10.8 Å². The average Bonchev–Trinajstić information content (AvgIpc) is 3.29. The maximum absolute atomic E-state index is 13.5. The van der Waals surface area contributed by atoms with Crippen LogP contribution >= 0.6 is 0 Å². The van der Waals surface area contributed by atoms with E-state index < -0.39 is 5.60 Å². The fraction of sp³-hybridized carbons (Fsp3) is 0.840. The monoisotopic (exact) mass is 396 g/mol. The molecule has 6 aliphatic carbocycles. The van der Waals surface area contributed by atoms with Crippen molar-refractivity contribution in [2.75, 3.05) is 0 Å². The van der Waals surface area contributed by atoms with Gasteiger partial charge in [0.25, 0.3) is 0 Å². The molecule has 6 saturated carbocycles. The third kappa shape index (κ3) is 2.41. The van der Waals surface area contributed by atoms with Crippen LogP contribution in [0.4, 0.5) is 0 Å². The van der Waals surface area contributed by atoms with Gasteiger partial charge in [0.15, 0.2) is 5.78 Å². The molecule has 0 radical (unpaired) electrons. The summed E-state index contributed by atoms with van der Waals surface area (Å²) < 4.78 is 1.96. The highest BCUT2D eigenvalue weighted by Gasteiger charge is 2.74. The van der Waals surface area contributed by atoms with Crippen LogP contribution in [-0.4, -0.2) is 26.0 Å². The molecule has 0 aromatic carbocycles. The van der Waals surface area contributed by atoms with Gasteiger partial charge < -0.3 is 9.67 Å². The second-order valence-corrected chi connectivity index (χ2v) is 12.0. The normalized spacial score (nSPS) is 52.8. The lowest BCUT2D eigenvalue weighted by atomic mass is 9.48. The minimum Gasteiger partial charge on any atom is -0.390 e. The zero-order chi connectivity index (χ0) is 20.0. The van der Waals surface area contributed by atoms with Crippen molar-refractivity contribution in [3.63, 3.8) is 0 Å². The van der Waals surface area contributed by atoms with Crippen molar-refractivity contribution in [1.82, 2.24) is 9.55 Å². The van der Waals surface area contributed by atoms with E-state index >= 15 is 0 Å². The first-order valence-corrected chi connectivity index (χ1v) is 12.0. The van der Waals surface area contributed by atoms with Crippen LogP contribution in [0, 0.1) is 46.3 Å². The number of Topliss-reactive ketones (excluding diaryl/α,β-unsaturated/α-hetero) is 1. The molecule has 0 aliphatic heterocycles. The summed E-state index contributed by atoms with van der Waals surface area (Å²) in [5.41, 5.74) is -0.288. The van der Waals surface area contributed by atoms with Crippen molar-refractivity contribution < 1.29 is 9.90 Å². The van der Waals surface area contributed by atoms with E-state index in [0.29, 0.717) is 12.3 Å². The Bertz CT molecular complexity index is 809. The van der Waals surface area contributed by atoms with Gasteiger partial charge in [-0.1, -0.05) is 6.92 Å². The summed E-state index contributed by atoms with van der Waals surface area (Å²) in [5, 5.41) is 10.6. The zero-order valence-corrected chi connectivity index (χ0v) is 18.0. The van der Waals surface area contributed by atoms with Gasteiger partial charge in [0.2, 0.25) is 0 Å². The largest absolute Gasteiger partial charge is 0.390 e. The fourth-order valence-corrected chi connectivity index (χ4v) is 9.56. The summed E-state index contributed by atoms with van der Waals surface area (Å²) in [5.74, 6) is 5.25. The Labute approximate surface area is 174 Å². The predicted molar refractivity (Wildman–Crippen MR) is 111 cm³/mol. The third-order valence-corrected chi connectivity index (χ3v) is 10.7. The number of rotatable bonds is 3. The Kier molecular flexibility index (Phi) is 3.82. The molecule has 4 heteroatoms. The van der Waals surface area contributed by atoms with Crippen molar-refractivity contribution >= 4 is 5.78 Å². The van der Waals surface area contributed by atoms with E-state index in [1.165, 1.54) is 32.1 Å². The molecule has 7 atom stereocenters. The SMILES string of the molecule is C[C@@]1(O)CC[C@H]2[C@H](CC[C@@H]3[C@@H]2CC[C@@]2(C)[C@H]3C3CC2(C(=O)Cn2ccnc2)C3)C1. The van der Waals surface area contributed by atoms with Crippen LogP contribution in [-0.2, 0) is 11.3 Å². The van der Waals surface area contributed by atoms with E-state index in [4.69, 9.17) is 0 Å². The maximum Gasteiger partial charge on any atom is 0.159 e. The lowest BCUT2D eigenvalue weighted by molar-refractivity contribution is -0.144. The molecule has 0 unspecified atom stereocenters. The number of carbonyl (C=O) groups is 1. The van der Waals surface area contributed by atoms with Crippen LogP contribution in [0.5, 0.6) is 0 Å². The van der Waals surface area contributed by atoms with Gasteiger partial charge >= 0.3 is 0 Å². The molecular formula is C25H36N2O2. The quantitative estimate of drug-likeness (QED) is 0.820. The van der Waals surface area contributed by atoms with Crippen molar-refractivity contribution in [2.24, 2.45) is 46.3 Å². The van der Waals surface area contributed by atoms with Crippen LogP contribution in [0.2, 0.25) is 0 Å². The van der Waals surface area contributed by atoms with Crippen molar-refractivity contribution in [1.29, 1.82) is 0 Å². The second-order valence-electron chi connectivity index (χ2n) is 12.0. The summed E-state index contributed by atoms with van der Waals surface area (Å²) in [4.78, 5) is 17.6. The summed E-state index contributed by atoms with van der Waals surface area (Å²) in [7, 11) is 0. The highest BCUT2D eigenvalue weighted by molar-refractivity contribution is 5.87. The van der Waals surface area contributed by atoms with E-state index in [0.717, 1.165) is 61.2 Å². The minimum absolute atomic E-state index is 0.0648. The van der Waals surface area contributed by atoms with Crippen LogP contribution in [0.25, 0.3) is 0 Å². The van der Waals surface area contributed by atoms with Crippen molar-refractivity contribution in [2.45, 2.75) is 83.8 Å². The van der Waals surface area contributed by atoms with E-state index in [9.17, 15) is 9.90 Å². The molecule has 6 fully saturated rings. The molecule has 1 aromatic rings. The first-order valence-electron chi connectivity index (χ1n) is 12.0. The number of nitrogens with zero attached hydrogens (tertiary/aromatic N) is 2.